The van der Waals surface area contributed by atoms with Crippen molar-refractivity contribution >= 4 is 29.3 Å². The molecule has 0 saturated heterocycles. The van der Waals surface area contributed by atoms with Gasteiger partial charge in [0.15, 0.2) is 11.0 Å². The van der Waals surface area contributed by atoms with Crippen LogP contribution in [0.3, 0.4) is 0 Å². The van der Waals surface area contributed by atoms with E-state index in [-0.39, 0.29) is 11.4 Å². The fourth-order valence-corrected chi connectivity index (χ4v) is 3.21. The normalized spacial score (nSPS) is 10.7. The van der Waals surface area contributed by atoms with E-state index in [1.54, 1.807) is 41.0 Å². The number of carbonyl (C=O) groups is 1. The monoisotopic (exact) mass is 377 g/mol. The number of esters is 1. The molecule has 0 aliphatic carbocycles. The Labute approximate surface area is 152 Å². The molecule has 0 N–H and O–H groups in total. The fourth-order valence-electron chi connectivity index (χ4n) is 2.21. The molecule has 1 aromatic heterocycles. The number of methoxy groups -OCH3 is 1. The maximum Gasteiger partial charge on any atom is 0.316 e. The van der Waals surface area contributed by atoms with Gasteiger partial charge in [0.1, 0.15) is 5.82 Å². The topological polar surface area (TPSA) is 57.0 Å². The third-order valence-corrected chi connectivity index (χ3v) is 4.62. The van der Waals surface area contributed by atoms with Crippen molar-refractivity contribution < 1.29 is 13.9 Å². The molecule has 0 amide bonds. The van der Waals surface area contributed by atoms with E-state index in [9.17, 15) is 9.18 Å². The van der Waals surface area contributed by atoms with E-state index >= 15 is 0 Å². The quantitative estimate of drug-likeness (QED) is 0.497. The molecule has 0 spiro atoms. The number of carbonyl (C=O) groups excluding carboxylic acids is 1. The van der Waals surface area contributed by atoms with Gasteiger partial charge in [-0.3, -0.25) is 9.36 Å². The first-order valence-electron chi connectivity index (χ1n) is 7.26. The number of aromatic nitrogens is 3. The molecule has 3 rings (SSSR count). The van der Waals surface area contributed by atoms with Gasteiger partial charge in [0.2, 0.25) is 0 Å². The molecule has 0 radical (unpaired) electrons. The second kappa shape index (κ2) is 7.67. The Balaban J connectivity index is 2.14. The SMILES string of the molecule is COC(=O)CSc1nnc(-c2ccccc2Cl)n1-c1ccccc1F. The molecule has 5 nitrogen and oxygen atoms in total. The Kier molecular flexibility index (Phi) is 5.35. The second-order valence-corrected chi connectivity index (χ2v) is 6.29. The van der Waals surface area contributed by atoms with Crippen LogP contribution >= 0.6 is 23.4 Å². The van der Waals surface area contributed by atoms with Crippen LogP contribution in [0.5, 0.6) is 0 Å². The molecular formula is C17H13ClFN3O2S. The van der Waals surface area contributed by atoms with Gasteiger partial charge in [-0.1, -0.05) is 47.6 Å². The Morgan fingerprint density at radius 1 is 1.20 bits per heavy atom. The number of thioether (sulfide) groups is 1. The minimum Gasteiger partial charge on any atom is -0.468 e. The summed E-state index contributed by atoms with van der Waals surface area (Å²) >= 11 is 7.37. The molecular weight excluding hydrogens is 365 g/mol. The predicted octanol–water partition coefficient (Wildman–Crippen LogP) is 3.99. The van der Waals surface area contributed by atoms with E-state index < -0.39 is 11.8 Å². The number of para-hydroxylation sites is 1. The average Bonchev–Trinajstić information content (AvgIpc) is 3.04. The lowest BCUT2D eigenvalue weighted by atomic mass is 10.2. The summed E-state index contributed by atoms with van der Waals surface area (Å²) in [6.07, 6.45) is 0. The highest BCUT2D eigenvalue weighted by Crippen LogP contribution is 2.32. The Morgan fingerprint density at radius 2 is 1.92 bits per heavy atom. The van der Waals surface area contributed by atoms with Crippen LogP contribution in [0.25, 0.3) is 17.1 Å². The van der Waals surface area contributed by atoms with E-state index in [4.69, 9.17) is 11.6 Å². The van der Waals surface area contributed by atoms with E-state index in [1.807, 2.05) is 6.07 Å². The van der Waals surface area contributed by atoms with Gasteiger partial charge in [-0.2, -0.15) is 0 Å². The zero-order valence-electron chi connectivity index (χ0n) is 13.1. The first-order valence-corrected chi connectivity index (χ1v) is 8.63. The number of benzene rings is 2. The van der Waals surface area contributed by atoms with Crippen LogP contribution in [0.2, 0.25) is 5.02 Å². The van der Waals surface area contributed by atoms with E-state index in [0.29, 0.717) is 21.6 Å². The van der Waals surface area contributed by atoms with Crippen molar-refractivity contribution in [1.82, 2.24) is 14.8 Å². The van der Waals surface area contributed by atoms with Crippen molar-refractivity contribution in [3.8, 4) is 17.1 Å². The molecule has 0 saturated carbocycles. The maximum atomic E-state index is 14.4. The summed E-state index contributed by atoms with van der Waals surface area (Å²) in [7, 11) is 1.31. The van der Waals surface area contributed by atoms with Crippen LogP contribution in [0.1, 0.15) is 0 Å². The molecule has 8 heteroatoms. The number of hydrogen-bond acceptors (Lipinski definition) is 5. The first kappa shape index (κ1) is 17.4. The summed E-state index contributed by atoms with van der Waals surface area (Å²) in [5.74, 6) is -0.419. The Bertz CT molecular complexity index is 916. The van der Waals surface area contributed by atoms with Crippen molar-refractivity contribution in [1.29, 1.82) is 0 Å². The average molecular weight is 378 g/mol. The summed E-state index contributed by atoms with van der Waals surface area (Å²) in [6.45, 7) is 0. The number of halogens is 2. The van der Waals surface area contributed by atoms with Crippen molar-refractivity contribution in [2.24, 2.45) is 0 Å². The lowest BCUT2D eigenvalue weighted by Crippen LogP contribution is -2.06. The van der Waals surface area contributed by atoms with E-state index in [0.717, 1.165) is 11.8 Å². The molecule has 3 aromatic rings. The van der Waals surface area contributed by atoms with Gasteiger partial charge < -0.3 is 4.74 Å². The maximum absolute atomic E-state index is 14.4. The lowest BCUT2D eigenvalue weighted by molar-refractivity contribution is -0.137. The van der Waals surface area contributed by atoms with Gasteiger partial charge in [-0.05, 0) is 24.3 Å². The highest BCUT2D eigenvalue weighted by atomic mass is 35.5. The lowest BCUT2D eigenvalue weighted by Gasteiger charge is -2.11. The van der Waals surface area contributed by atoms with Crippen LogP contribution in [-0.2, 0) is 9.53 Å². The summed E-state index contributed by atoms with van der Waals surface area (Å²) < 4.78 is 20.6. The van der Waals surface area contributed by atoms with Crippen LogP contribution in [0, 0.1) is 5.82 Å². The number of hydrogen-bond donors (Lipinski definition) is 0. The third-order valence-electron chi connectivity index (χ3n) is 3.39. The highest BCUT2D eigenvalue weighted by molar-refractivity contribution is 7.99. The molecule has 1 heterocycles. The van der Waals surface area contributed by atoms with Crippen molar-refractivity contribution in [3.05, 3.63) is 59.4 Å². The van der Waals surface area contributed by atoms with Crippen molar-refractivity contribution in [3.63, 3.8) is 0 Å². The number of rotatable bonds is 5. The van der Waals surface area contributed by atoms with Crippen LogP contribution in [0.15, 0.2) is 53.7 Å². The van der Waals surface area contributed by atoms with Gasteiger partial charge >= 0.3 is 5.97 Å². The molecule has 0 aliphatic rings. The van der Waals surface area contributed by atoms with E-state index in [1.165, 1.54) is 13.2 Å². The molecule has 2 aromatic carbocycles. The van der Waals surface area contributed by atoms with Crippen molar-refractivity contribution in [2.75, 3.05) is 12.9 Å². The molecule has 0 bridgehead atoms. The Morgan fingerprint density at radius 3 is 2.64 bits per heavy atom. The fraction of sp³-hybridized carbons (Fsp3) is 0.118. The summed E-state index contributed by atoms with van der Waals surface area (Å²) in [5.41, 5.74) is 0.889. The van der Waals surface area contributed by atoms with Gasteiger partial charge in [0.25, 0.3) is 0 Å². The molecule has 0 unspecified atom stereocenters. The minimum atomic E-state index is -0.435. The van der Waals surface area contributed by atoms with E-state index in [2.05, 4.69) is 14.9 Å². The second-order valence-electron chi connectivity index (χ2n) is 4.94. The number of ether oxygens (including phenoxy) is 1. The molecule has 25 heavy (non-hydrogen) atoms. The van der Waals surface area contributed by atoms with Crippen molar-refractivity contribution in [2.45, 2.75) is 5.16 Å². The van der Waals surface area contributed by atoms with Crippen LogP contribution < -0.4 is 0 Å². The third kappa shape index (κ3) is 3.67. The standard InChI is InChI=1S/C17H13ClFN3O2S/c1-24-15(23)10-25-17-21-20-16(11-6-2-3-7-12(11)18)22(17)14-9-5-4-8-13(14)19/h2-9H,10H2,1H3. The van der Waals surface area contributed by atoms with Gasteiger partial charge in [0.05, 0.1) is 23.6 Å². The predicted molar refractivity (Wildman–Crippen MR) is 94.5 cm³/mol. The van der Waals surface area contributed by atoms with Gasteiger partial charge in [-0.25, -0.2) is 4.39 Å². The van der Waals surface area contributed by atoms with Crippen LogP contribution in [0.4, 0.5) is 4.39 Å². The molecule has 0 aliphatic heterocycles. The van der Waals surface area contributed by atoms with Gasteiger partial charge in [0, 0.05) is 5.56 Å². The van der Waals surface area contributed by atoms with Crippen LogP contribution in [-0.4, -0.2) is 33.6 Å². The zero-order valence-corrected chi connectivity index (χ0v) is 14.7. The summed E-state index contributed by atoms with van der Waals surface area (Å²) in [4.78, 5) is 11.4. The first-order chi connectivity index (χ1) is 12.1. The summed E-state index contributed by atoms with van der Waals surface area (Å²) in [6, 6.07) is 13.4. The van der Waals surface area contributed by atoms with Gasteiger partial charge in [-0.15, -0.1) is 10.2 Å². The zero-order chi connectivity index (χ0) is 17.8. The summed E-state index contributed by atoms with van der Waals surface area (Å²) in [5, 5.41) is 9.09. The Hall–Kier alpha value is -2.38. The molecule has 0 fully saturated rings. The highest BCUT2D eigenvalue weighted by Gasteiger charge is 2.20. The smallest absolute Gasteiger partial charge is 0.316 e. The molecule has 0 atom stereocenters. The molecule has 128 valence electrons. The number of nitrogens with zero attached hydrogens (tertiary/aromatic N) is 3. The largest absolute Gasteiger partial charge is 0.468 e. The minimum absolute atomic E-state index is 0.0333.